The van der Waals surface area contributed by atoms with Gasteiger partial charge in [0.05, 0.1) is 11.0 Å². The van der Waals surface area contributed by atoms with Crippen molar-refractivity contribution in [3.63, 3.8) is 0 Å². The quantitative estimate of drug-likeness (QED) is 0.175. The second kappa shape index (κ2) is 12.8. The molecule has 0 bridgehead atoms. The second-order valence-corrected chi connectivity index (χ2v) is 16.5. The molecule has 0 radical (unpaired) electrons. The van der Waals surface area contributed by atoms with E-state index in [4.69, 9.17) is 15.0 Å². The molecule has 0 unspecified atom stereocenters. The lowest BCUT2D eigenvalue weighted by Gasteiger charge is -2.08. The Kier molecular flexibility index (Phi) is 7.24. The Hall–Kier alpha value is -6.99. The SMILES string of the molecule is c1ccc(-c2nc(-c3ccccc3)nc(-c3ccc4sc5cc(-c6cccc7c6sc6cc(-n8c9ccccc9c9ccccc98)ccc67)ccc5c4c3)n2)cc1. The van der Waals surface area contributed by atoms with Crippen LogP contribution < -0.4 is 0 Å². The molecule has 4 aromatic heterocycles. The van der Waals surface area contributed by atoms with Gasteiger partial charge in [0.2, 0.25) is 0 Å². The molecule has 0 saturated heterocycles. The number of aromatic nitrogens is 4. The number of nitrogens with zero attached hydrogens (tertiary/aromatic N) is 4. The standard InChI is InChI=1S/C51H30N4S2/c1-3-12-31(13-4-1)49-52-50(32-14-5-2-6-15-32)54-51(53-49)34-23-27-45-42(28-34)40-25-22-33(29-46(40)56-45)36-18-11-19-41-39-26-24-35(30-47(39)57-48(36)41)55-43-20-9-7-16-37(43)38-17-8-10-21-44(38)55/h1-30H. The molecule has 0 fully saturated rings. The summed E-state index contributed by atoms with van der Waals surface area (Å²) in [6.45, 7) is 0. The summed E-state index contributed by atoms with van der Waals surface area (Å²) >= 11 is 3.72. The molecule has 6 heteroatoms. The van der Waals surface area contributed by atoms with E-state index in [1.807, 2.05) is 83.3 Å². The van der Waals surface area contributed by atoms with Gasteiger partial charge in [-0.15, -0.1) is 22.7 Å². The van der Waals surface area contributed by atoms with Gasteiger partial charge in [-0.1, -0.05) is 133 Å². The number of para-hydroxylation sites is 2. The van der Waals surface area contributed by atoms with Crippen molar-refractivity contribution >= 4 is 84.8 Å². The molecule has 0 aliphatic carbocycles. The fourth-order valence-corrected chi connectivity index (χ4v) is 10.8. The first-order valence-corrected chi connectivity index (χ1v) is 20.6. The van der Waals surface area contributed by atoms with E-state index in [1.165, 1.54) is 79.0 Å². The smallest absolute Gasteiger partial charge is 0.164 e. The van der Waals surface area contributed by atoms with Crippen LogP contribution in [0.25, 0.3) is 113 Å². The number of fused-ring (bicyclic) bond motifs is 9. The fourth-order valence-electron chi connectivity index (χ4n) is 8.38. The van der Waals surface area contributed by atoms with Crippen molar-refractivity contribution in [2.75, 3.05) is 0 Å². The van der Waals surface area contributed by atoms with Gasteiger partial charge in [0.25, 0.3) is 0 Å². The van der Waals surface area contributed by atoms with Crippen LogP contribution in [0.1, 0.15) is 0 Å². The molecule has 0 saturated carbocycles. The summed E-state index contributed by atoms with van der Waals surface area (Å²) in [7, 11) is 0. The van der Waals surface area contributed by atoms with Crippen LogP contribution in [0.3, 0.4) is 0 Å². The Morgan fingerprint density at radius 1 is 0.333 bits per heavy atom. The van der Waals surface area contributed by atoms with Gasteiger partial charge in [0.1, 0.15) is 0 Å². The minimum atomic E-state index is 0.665. The average Bonchev–Trinajstić information content (AvgIpc) is 3.95. The van der Waals surface area contributed by atoms with Crippen LogP contribution in [0, 0.1) is 0 Å². The molecule has 12 aromatic rings. The zero-order valence-electron chi connectivity index (χ0n) is 30.4. The normalized spacial score (nSPS) is 11.9. The largest absolute Gasteiger partial charge is 0.309 e. The number of hydrogen-bond donors (Lipinski definition) is 0. The summed E-state index contributed by atoms with van der Waals surface area (Å²) < 4.78 is 7.51. The first-order chi connectivity index (χ1) is 28.2. The first-order valence-electron chi connectivity index (χ1n) is 19.0. The molecule has 0 atom stereocenters. The number of benzene rings is 8. The predicted octanol–water partition coefficient (Wildman–Crippen LogP) is 14.4. The Morgan fingerprint density at radius 3 is 1.60 bits per heavy atom. The third-order valence-electron chi connectivity index (χ3n) is 11.1. The highest BCUT2D eigenvalue weighted by Crippen LogP contribution is 2.44. The van der Waals surface area contributed by atoms with Gasteiger partial charge in [-0.25, -0.2) is 15.0 Å². The van der Waals surface area contributed by atoms with E-state index in [2.05, 4.69) is 126 Å². The monoisotopic (exact) mass is 762 g/mol. The highest BCUT2D eigenvalue weighted by Gasteiger charge is 2.17. The Morgan fingerprint density at radius 2 is 0.895 bits per heavy atom. The van der Waals surface area contributed by atoms with E-state index in [1.54, 1.807) is 0 Å². The van der Waals surface area contributed by atoms with Crippen LogP contribution in [0.2, 0.25) is 0 Å². The van der Waals surface area contributed by atoms with Crippen molar-refractivity contribution in [1.82, 2.24) is 19.5 Å². The van der Waals surface area contributed by atoms with Crippen LogP contribution >= 0.6 is 22.7 Å². The van der Waals surface area contributed by atoms with Gasteiger partial charge in [-0.3, -0.25) is 0 Å². The average molecular weight is 763 g/mol. The summed E-state index contributed by atoms with van der Waals surface area (Å²) in [5.74, 6) is 1.99. The Labute approximate surface area is 335 Å². The first kappa shape index (κ1) is 32.3. The van der Waals surface area contributed by atoms with Crippen LogP contribution in [0.5, 0.6) is 0 Å². The molecular weight excluding hydrogens is 733 g/mol. The van der Waals surface area contributed by atoms with Gasteiger partial charge in [-0.2, -0.15) is 0 Å². The second-order valence-electron chi connectivity index (χ2n) is 14.4. The topological polar surface area (TPSA) is 43.6 Å². The summed E-state index contributed by atoms with van der Waals surface area (Å²) in [6.07, 6.45) is 0. The number of thiophene rings is 2. The maximum absolute atomic E-state index is 5.00. The molecule has 0 amide bonds. The zero-order valence-corrected chi connectivity index (χ0v) is 32.1. The molecule has 0 aliphatic heterocycles. The molecule has 12 rings (SSSR count). The van der Waals surface area contributed by atoms with E-state index >= 15 is 0 Å². The van der Waals surface area contributed by atoms with E-state index < -0.39 is 0 Å². The predicted molar refractivity (Wildman–Crippen MR) is 242 cm³/mol. The fraction of sp³-hybridized carbons (Fsp3) is 0. The lowest BCUT2D eigenvalue weighted by molar-refractivity contribution is 1.07. The maximum atomic E-state index is 5.00. The van der Waals surface area contributed by atoms with Gasteiger partial charge < -0.3 is 4.57 Å². The van der Waals surface area contributed by atoms with Crippen molar-refractivity contribution in [2.24, 2.45) is 0 Å². The summed E-state index contributed by atoms with van der Waals surface area (Å²) in [5.41, 5.74) is 9.03. The highest BCUT2D eigenvalue weighted by molar-refractivity contribution is 7.26. The molecule has 57 heavy (non-hydrogen) atoms. The Bertz CT molecular complexity index is 3410. The van der Waals surface area contributed by atoms with E-state index in [0.29, 0.717) is 17.5 Å². The molecule has 0 aliphatic rings. The van der Waals surface area contributed by atoms with Crippen molar-refractivity contribution in [2.45, 2.75) is 0 Å². The lowest BCUT2D eigenvalue weighted by Crippen LogP contribution is -2.00. The minimum absolute atomic E-state index is 0.665. The third kappa shape index (κ3) is 5.22. The molecule has 8 aromatic carbocycles. The molecule has 4 heterocycles. The molecule has 266 valence electrons. The van der Waals surface area contributed by atoms with Crippen molar-refractivity contribution < 1.29 is 0 Å². The molecular formula is C51H30N4S2. The van der Waals surface area contributed by atoms with Crippen LogP contribution in [0.15, 0.2) is 182 Å². The minimum Gasteiger partial charge on any atom is -0.309 e. The Balaban J connectivity index is 0.956. The van der Waals surface area contributed by atoms with Crippen LogP contribution in [0.4, 0.5) is 0 Å². The van der Waals surface area contributed by atoms with Crippen molar-refractivity contribution in [3.05, 3.63) is 182 Å². The molecule has 0 spiro atoms. The van der Waals surface area contributed by atoms with Gasteiger partial charge >= 0.3 is 0 Å². The van der Waals surface area contributed by atoms with E-state index in [9.17, 15) is 0 Å². The highest BCUT2D eigenvalue weighted by atomic mass is 32.1. The van der Waals surface area contributed by atoms with E-state index in [0.717, 1.165) is 16.7 Å². The number of rotatable bonds is 5. The third-order valence-corrected chi connectivity index (χ3v) is 13.4. The maximum Gasteiger partial charge on any atom is 0.164 e. The zero-order chi connectivity index (χ0) is 37.5. The van der Waals surface area contributed by atoms with Gasteiger partial charge in [-0.05, 0) is 59.7 Å². The van der Waals surface area contributed by atoms with Crippen molar-refractivity contribution in [1.29, 1.82) is 0 Å². The molecule has 0 N–H and O–H groups in total. The van der Waals surface area contributed by atoms with Gasteiger partial charge in [0, 0.05) is 73.5 Å². The lowest BCUT2D eigenvalue weighted by atomic mass is 10.0. The summed E-state index contributed by atoms with van der Waals surface area (Å²) in [4.78, 5) is 14.9. The van der Waals surface area contributed by atoms with Gasteiger partial charge in [0.15, 0.2) is 17.5 Å². The van der Waals surface area contributed by atoms with Crippen LogP contribution in [-0.2, 0) is 0 Å². The summed E-state index contributed by atoms with van der Waals surface area (Å²) in [6, 6.07) is 64.9. The van der Waals surface area contributed by atoms with Crippen molar-refractivity contribution in [3.8, 4) is 51.0 Å². The summed E-state index contributed by atoms with van der Waals surface area (Å²) in [5, 5.41) is 7.59. The molecule has 4 nitrogen and oxygen atoms in total. The van der Waals surface area contributed by atoms with E-state index in [-0.39, 0.29) is 0 Å². The number of hydrogen-bond acceptors (Lipinski definition) is 5. The van der Waals surface area contributed by atoms with Crippen LogP contribution in [-0.4, -0.2) is 19.5 Å².